The van der Waals surface area contributed by atoms with Crippen molar-refractivity contribution < 1.29 is 13.2 Å². The van der Waals surface area contributed by atoms with Crippen molar-refractivity contribution in [2.45, 2.75) is 65.3 Å². The lowest BCUT2D eigenvalue weighted by Crippen LogP contribution is -2.49. The number of anilines is 1. The summed E-state index contributed by atoms with van der Waals surface area (Å²) in [5.41, 5.74) is 4.35. The molecule has 0 amide bonds. The van der Waals surface area contributed by atoms with Gasteiger partial charge in [-0.05, 0) is 80.2 Å². The van der Waals surface area contributed by atoms with E-state index in [0.717, 1.165) is 51.9 Å². The van der Waals surface area contributed by atoms with Gasteiger partial charge in [0.15, 0.2) is 0 Å². The Hall–Kier alpha value is -1.44. The number of hydrogen-bond donors (Lipinski definition) is 1. The number of aryl methyl sites for hydroxylation is 1. The summed E-state index contributed by atoms with van der Waals surface area (Å²) >= 11 is 0. The van der Waals surface area contributed by atoms with E-state index < -0.39 is 15.4 Å². The van der Waals surface area contributed by atoms with E-state index in [4.69, 9.17) is 0 Å². The maximum Gasteiger partial charge on any atom is 0.212 e. The maximum absolute atomic E-state index is 13.4. The van der Waals surface area contributed by atoms with Crippen LogP contribution in [0.25, 0.3) is 0 Å². The molecule has 3 aliphatic carbocycles. The number of rotatable bonds is 5. The summed E-state index contributed by atoms with van der Waals surface area (Å²) in [6.45, 7) is 10.5. The predicted octanol–water partition coefficient (Wildman–Crippen LogP) is 2.92. The molecule has 182 valence electrons. The third-order valence-electron chi connectivity index (χ3n) is 9.60. The molecule has 0 spiro atoms. The quantitative estimate of drug-likeness (QED) is 0.712. The first-order valence-electron chi connectivity index (χ1n) is 12.6. The predicted molar refractivity (Wildman–Crippen MR) is 132 cm³/mol. The number of hydrogen-bond acceptors (Lipinski definition) is 5. The summed E-state index contributed by atoms with van der Waals surface area (Å²) in [5, 5.41) is 0. The highest BCUT2D eigenvalue weighted by molar-refractivity contribution is 7.89. The van der Waals surface area contributed by atoms with Gasteiger partial charge in [-0.1, -0.05) is 19.9 Å². The molecule has 0 aromatic heterocycles. The number of fused-ring (bicyclic) bond motifs is 3. The van der Waals surface area contributed by atoms with Gasteiger partial charge in [0.05, 0.1) is 5.75 Å². The molecule has 3 fully saturated rings. The molecule has 6 nitrogen and oxygen atoms in total. The summed E-state index contributed by atoms with van der Waals surface area (Å²) in [4.78, 5) is 17.7. The highest BCUT2D eigenvalue weighted by Gasteiger charge is 2.65. The second-order valence-electron chi connectivity index (χ2n) is 11.6. The van der Waals surface area contributed by atoms with Crippen LogP contribution in [0.1, 0.15) is 56.2 Å². The Balaban J connectivity index is 1.35. The average Bonchev–Trinajstić information content (AvgIpc) is 3.08. The molecule has 1 aliphatic heterocycles. The molecular weight excluding hydrogens is 434 g/mol. The van der Waals surface area contributed by atoms with Gasteiger partial charge in [-0.25, -0.2) is 13.1 Å². The summed E-state index contributed by atoms with van der Waals surface area (Å²) in [6, 6.07) is 4.34. The molecular formula is C26H39N3O3S. The zero-order valence-electron chi connectivity index (χ0n) is 20.6. The zero-order valence-corrected chi connectivity index (χ0v) is 21.4. The zero-order chi connectivity index (χ0) is 23.6. The van der Waals surface area contributed by atoms with E-state index >= 15 is 0 Å². The molecule has 1 aromatic carbocycles. The summed E-state index contributed by atoms with van der Waals surface area (Å²) in [7, 11) is -1.40. The number of sulfonamides is 1. The Morgan fingerprint density at radius 3 is 2.42 bits per heavy atom. The number of likely N-dealkylation sites (N-methyl/N-ethyl adjacent to an activating group) is 1. The number of carbonyl (C=O) groups excluding carboxylic acids is 1. The van der Waals surface area contributed by atoms with Crippen LogP contribution in [-0.4, -0.2) is 64.1 Å². The standard InChI is InChI=1S/C26H39N3O3S/c1-18-5-8-23(29-13-11-28(4)12-14-29)22-16-20(6-7-21(18)22)27-33(31,32)17-26-10-9-19(15-24(26)30)25(26,2)3/h5,8,19-20,27H,6-7,9-17H2,1-4H3/t19-,20-,26+/m1/s1. The van der Waals surface area contributed by atoms with Crippen LogP contribution in [0.2, 0.25) is 0 Å². The van der Waals surface area contributed by atoms with E-state index in [1.54, 1.807) is 0 Å². The Morgan fingerprint density at radius 1 is 1.06 bits per heavy atom. The van der Waals surface area contributed by atoms with Gasteiger partial charge in [0.2, 0.25) is 10.0 Å². The van der Waals surface area contributed by atoms with Crippen molar-refractivity contribution in [2.24, 2.45) is 16.7 Å². The number of carbonyl (C=O) groups is 1. The number of Topliss-reactive ketones (excluding diaryl/α,β-unsaturated/α-hetero) is 1. The van der Waals surface area contributed by atoms with Gasteiger partial charge in [0.1, 0.15) is 5.78 Å². The monoisotopic (exact) mass is 473 g/mol. The van der Waals surface area contributed by atoms with Crippen molar-refractivity contribution in [2.75, 3.05) is 43.9 Å². The van der Waals surface area contributed by atoms with Gasteiger partial charge in [-0.15, -0.1) is 0 Å². The van der Waals surface area contributed by atoms with Crippen LogP contribution in [0.5, 0.6) is 0 Å². The molecule has 2 saturated carbocycles. The largest absolute Gasteiger partial charge is 0.369 e. The molecule has 1 heterocycles. The normalized spacial score (nSPS) is 31.8. The average molecular weight is 474 g/mol. The van der Waals surface area contributed by atoms with Crippen LogP contribution in [0.15, 0.2) is 12.1 Å². The molecule has 0 unspecified atom stereocenters. The van der Waals surface area contributed by atoms with Crippen LogP contribution in [0, 0.1) is 23.7 Å². The lowest BCUT2D eigenvalue weighted by molar-refractivity contribution is -0.128. The van der Waals surface area contributed by atoms with Crippen LogP contribution in [0.3, 0.4) is 0 Å². The highest BCUT2D eigenvalue weighted by Crippen LogP contribution is 2.64. The number of benzene rings is 1. The Morgan fingerprint density at radius 2 is 1.79 bits per heavy atom. The third-order valence-corrected chi connectivity index (χ3v) is 11.2. The Kier molecular flexibility index (Phi) is 5.69. The lowest BCUT2D eigenvalue weighted by Gasteiger charge is -2.38. The molecule has 2 bridgehead atoms. The number of nitrogens with one attached hydrogen (secondary N) is 1. The molecule has 1 saturated heterocycles. The Bertz CT molecular complexity index is 1060. The van der Waals surface area contributed by atoms with E-state index in [9.17, 15) is 13.2 Å². The first-order chi connectivity index (χ1) is 15.5. The van der Waals surface area contributed by atoms with Crippen molar-refractivity contribution in [1.29, 1.82) is 0 Å². The van der Waals surface area contributed by atoms with E-state index in [-0.39, 0.29) is 23.0 Å². The van der Waals surface area contributed by atoms with Crippen LogP contribution in [0.4, 0.5) is 5.69 Å². The summed E-state index contributed by atoms with van der Waals surface area (Å²) in [5.74, 6) is 0.442. The van der Waals surface area contributed by atoms with Gasteiger partial charge < -0.3 is 9.80 Å². The SMILES string of the molecule is Cc1ccc(N2CCN(C)CC2)c2c1CC[C@@H](NS(=O)(=O)C[C@@]13CC[C@H](CC1=O)C3(C)C)C2. The maximum atomic E-state index is 13.4. The van der Waals surface area contributed by atoms with Crippen LogP contribution >= 0.6 is 0 Å². The van der Waals surface area contributed by atoms with Gasteiger partial charge >= 0.3 is 0 Å². The molecule has 0 radical (unpaired) electrons. The summed E-state index contributed by atoms with van der Waals surface area (Å²) < 4.78 is 29.8. The highest BCUT2D eigenvalue weighted by atomic mass is 32.2. The van der Waals surface area contributed by atoms with Crippen molar-refractivity contribution in [3.05, 3.63) is 28.8 Å². The van der Waals surface area contributed by atoms with Gasteiger partial charge in [0.25, 0.3) is 0 Å². The van der Waals surface area contributed by atoms with Gasteiger partial charge in [0, 0.05) is 49.7 Å². The fraction of sp³-hybridized carbons (Fsp3) is 0.731. The first-order valence-corrected chi connectivity index (χ1v) is 14.3. The summed E-state index contributed by atoms with van der Waals surface area (Å²) in [6.07, 6.45) is 4.67. The van der Waals surface area contributed by atoms with Gasteiger partial charge in [-0.2, -0.15) is 0 Å². The van der Waals surface area contributed by atoms with Gasteiger partial charge in [-0.3, -0.25) is 4.79 Å². The third kappa shape index (κ3) is 3.84. The minimum Gasteiger partial charge on any atom is -0.369 e. The van der Waals surface area contributed by atoms with E-state index in [1.807, 2.05) is 0 Å². The van der Waals surface area contributed by atoms with E-state index in [0.29, 0.717) is 18.8 Å². The smallest absolute Gasteiger partial charge is 0.212 e. The van der Waals surface area contributed by atoms with Crippen molar-refractivity contribution in [3.63, 3.8) is 0 Å². The van der Waals surface area contributed by atoms with Crippen molar-refractivity contribution in [1.82, 2.24) is 9.62 Å². The second-order valence-corrected chi connectivity index (χ2v) is 13.4. The fourth-order valence-corrected chi connectivity index (χ4v) is 9.33. The molecule has 33 heavy (non-hydrogen) atoms. The molecule has 3 atom stereocenters. The van der Waals surface area contributed by atoms with E-state index in [2.05, 4.69) is 54.5 Å². The molecule has 1 N–H and O–H groups in total. The van der Waals surface area contributed by atoms with Crippen molar-refractivity contribution >= 4 is 21.5 Å². The molecule has 1 aromatic rings. The lowest BCUT2D eigenvalue weighted by atomic mass is 9.70. The minimum atomic E-state index is -3.56. The van der Waals surface area contributed by atoms with Crippen LogP contribution < -0.4 is 9.62 Å². The van der Waals surface area contributed by atoms with Crippen molar-refractivity contribution in [3.8, 4) is 0 Å². The Labute approximate surface area is 199 Å². The van der Waals surface area contributed by atoms with Crippen LogP contribution in [-0.2, 0) is 27.7 Å². The minimum absolute atomic E-state index is 0.0508. The fourth-order valence-electron chi connectivity index (χ4n) is 7.21. The molecule has 4 aliphatic rings. The first kappa shape index (κ1) is 23.3. The number of piperazine rings is 1. The molecule has 7 heteroatoms. The molecule has 5 rings (SSSR count). The second kappa shape index (κ2) is 8.06. The number of ketones is 1. The van der Waals surface area contributed by atoms with E-state index in [1.165, 1.54) is 22.4 Å². The topological polar surface area (TPSA) is 69.7 Å². The number of nitrogens with zero attached hydrogens (tertiary/aromatic N) is 2.